The fourth-order valence-corrected chi connectivity index (χ4v) is 1.72. The van der Waals surface area contributed by atoms with Crippen LogP contribution in [-0.4, -0.2) is 54.4 Å². The lowest BCUT2D eigenvalue weighted by atomic mass is 10.2. The molecule has 0 radical (unpaired) electrons. The van der Waals surface area contributed by atoms with Crippen molar-refractivity contribution >= 4 is 10.2 Å². The maximum Gasteiger partial charge on any atom is 0.0615 e. The molecule has 2 nitrogen and oxygen atoms in total. The third kappa shape index (κ3) is 4.69. The second-order valence-corrected chi connectivity index (χ2v) is 4.22. The molecule has 0 heterocycles. The second-order valence-electron chi connectivity index (χ2n) is 3.55. The molecule has 0 N–H and O–H groups in total. The van der Waals surface area contributed by atoms with E-state index >= 15 is 0 Å². The first-order valence-electron chi connectivity index (χ1n) is 4.53. The molecule has 12 heavy (non-hydrogen) atoms. The Balaban J connectivity index is 3.79. The van der Waals surface area contributed by atoms with Gasteiger partial charge in [-0.25, -0.2) is 0 Å². The zero-order valence-corrected chi connectivity index (χ0v) is 11.0. The smallest absolute Gasteiger partial charge is 0.0615 e. The van der Waals surface area contributed by atoms with Gasteiger partial charge in [-0.1, -0.05) is 6.08 Å². The van der Waals surface area contributed by atoms with Crippen LogP contribution in [0.2, 0.25) is 0 Å². The Morgan fingerprint density at radius 2 is 1.67 bits per heavy atom. The van der Waals surface area contributed by atoms with Crippen molar-refractivity contribution in [1.82, 2.24) is 9.80 Å². The minimum Gasteiger partial charge on any atom is -0.294 e. The van der Waals surface area contributed by atoms with E-state index in [0.29, 0.717) is 6.17 Å². The average Bonchev–Trinajstić information content (AvgIpc) is 1.96. The Labute approximate surface area is 79.7 Å². The van der Waals surface area contributed by atoms with Crippen LogP contribution in [0.15, 0.2) is 11.8 Å². The predicted molar refractivity (Wildman–Crippen MR) is 59.5 cm³/mol. The Morgan fingerprint density at radius 3 is 2.00 bits per heavy atom. The van der Waals surface area contributed by atoms with Crippen LogP contribution in [0.1, 0.15) is 12.8 Å². The summed E-state index contributed by atoms with van der Waals surface area (Å²) in [4.78, 5) is 4.53. The van der Waals surface area contributed by atoms with Crippen LogP contribution < -0.4 is 0 Å². The van der Waals surface area contributed by atoms with Crippen LogP contribution in [0, 0.1) is 0 Å². The summed E-state index contributed by atoms with van der Waals surface area (Å²) in [7, 11) is 9.72. The highest BCUT2D eigenvalue weighted by atomic mass is 28.1. The van der Waals surface area contributed by atoms with Gasteiger partial charge in [-0.2, -0.15) is 0 Å². The van der Waals surface area contributed by atoms with Crippen LogP contribution in [0.25, 0.3) is 0 Å². The van der Waals surface area contributed by atoms with Gasteiger partial charge in [0.25, 0.3) is 0 Å². The maximum absolute atomic E-state index is 2.28. The average molecular weight is 186 g/mol. The Bertz CT molecular complexity index is 124. The molecule has 3 heteroatoms. The SMILES string of the molecule is CN(C)C(CCC=C[SiH3])N(C)C. The number of rotatable bonds is 5. The van der Waals surface area contributed by atoms with Crippen LogP contribution in [0.4, 0.5) is 0 Å². The lowest BCUT2D eigenvalue weighted by Gasteiger charge is -2.30. The van der Waals surface area contributed by atoms with Gasteiger partial charge in [0, 0.05) is 10.2 Å². The summed E-state index contributed by atoms with van der Waals surface area (Å²) >= 11 is 0. The van der Waals surface area contributed by atoms with Crippen LogP contribution in [0.5, 0.6) is 0 Å². The molecule has 0 amide bonds. The molecule has 0 unspecified atom stereocenters. The van der Waals surface area contributed by atoms with Crippen molar-refractivity contribution in [2.75, 3.05) is 28.2 Å². The molecule has 0 fully saturated rings. The van der Waals surface area contributed by atoms with Crippen LogP contribution in [0.3, 0.4) is 0 Å². The molecule has 0 saturated heterocycles. The zero-order chi connectivity index (χ0) is 9.56. The summed E-state index contributed by atoms with van der Waals surface area (Å²) in [6.07, 6.45) is 5.28. The fourth-order valence-electron chi connectivity index (χ4n) is 1.39. The first-order chi connectivity index (χ1) is 5.59. The molecule has 0 aliphatic heterocycles. The molecule has 0 aliphatic carbocycles. The van der Waals surface area contributed by atoms with E-state index in [4.69, 9.17) is 0 Å². The summed E-state index contributed by atoms with van der Waals surface area (Å²) in [5, 5.41) is 0. The Morgan fingerprint density at radius 1 is 1.17 bits per heavy atom. The first-order valence-corrected chi connectivity index (χ1v) is 5.69. The molecule has 0 rings (SSSR count). The van der Waals surface area contributed by atoms with Crippen molar-refractivity contribution in [3.05, 3.63) is 11.8 Å². The molecular weight excluding hydrogens is 164 g/mol. The van der Waals surface area contributed by atoms with Crippen molar-refractivity contribution in [2.45, 2.75) is 19.0 Å². The summed E-state index contributed by atoms with van der Waals surface area (Å²) in [6, 6.07) is 0. The van der Waals surface area contributed by atoms with Crippen molar-refractivity contribution in [3.63, 3.8) is 0 Å². The van der Waals surface area contributed by atoms with E-state index in [2.05, 4.69) is 49.8 Å². The van der Waals surface area contributed by atoms with Crippen LogP contribution in [-0.2, 0) is 0 Å². The molecule has 0 aromatic carbocycles. The van der Waals surface area contributed by atoms with Gasteiger partial charge in [0.05, 0.1) is 6.17 Å². The summed E-state index contributed by atoms with van der Waals surface area (Å²) < 4.78 is 0. The minimum atomic E-state index is 0.572. The highest BCUT2D eigenvalue weighted by Gasteiger charge is 2.11. The molecule has 0 aliphatic rings. The number of nitrogens with zero attached hydrogens (tertiary/aromatic N) is 2. The van der Waals surface area contributed by atoms with Gasteiger partial charge >= 0.3 is 0 Å². The monoisotopic (exact) mass is 186 g/mol. The van der Waals surface area contributed by atoms with Gasteiger partial charge in [-0.05, 0) is 41.0 Å². The third-order valence-electron chi connectivity index (χ3n) is 2.02. The molecule has 72 valence electrons. The highest BCUT2D eigenvalue weighted by Crippen LogP contribution is 2.05. The third-order valence-corrected chi connectivity index (χ3v) is 2.49. The zero-order valence-electron chi connectivity index (χ0n) is 9.04. The van der Waals surface area contributed by atoms with Gasteiger partial charge in [0.1, 0.15) is 0 Å². The molecule has 0 atom stereocenters. The number of allylic oxidation sites excluding steroid dienone is 1. The van der Waals surface area contributed by atoms with E-state index in [-0.39, 0.29) is 0 Å². The van der Waals surface area contributed by atoms with Gasteiger partial charge in [0.2, 0.25) is 0 Å². The molecule has 0 aromatic heterocycles. The van der Waals surface area contributed by atoms with E-state index in [1.807, 2.05) is 0 Å². The Hall–Kier alpha value is -0.123. The fraction of sp³-hybridized carbons (Fsp3) is 0.778. The summed E-state index contributed by atoms with van der Waals surface area (Å²) in [5.74, 6) is 0. The minimum absolute atomic E-state index is 0.572. The number of hydrogen-bond acceptors (Lipinski definition) is 2. The van der Waals surface area contributed by atoms with Gasteiger partial charge < -0.3 is 0 Å². The molecule has 0 saturated carbocycles. The first kappa shape index (κ1) is 11.9. The van der Waals surface area contributed by atoms with Crippen LogP contribution >= 0.6 is 0 Å². The van der Waals surface area contributed by atoms with Crippen molar-refractivity contribution in [3.8, 4) is 0 Å². The van der Waals surface area contributed by atoms with Crippen molar-refractivity contribution < 1.29 is 0 Å². The quantitative estimate of drug-likeness (QED) is 0.444. The molecule has 0 aromatic rings. The van der Waals surface area contributed by atoms with Gasteiger partial charge in [0.15, 0.2) is 0 Å². The highest BCUT2D eigenvalue weighted by molar-refractivity contribution is 6.16. The largest absolute Gasteiger partial charge is 0.294 e. The second kappa shape index (κ2) is 6.40. The van der Waals surface area contributed by atoms with E-state index in [1.165, 1.54) is 23.1 Å². The standard InChI is InChI=1S/C9H22N2Si/c1-10(2)9(11(3)4)7-5-6-8-12/h6,8-9H,5,7H2,1-4,12H3. The normalized spacial score (nSPS) is 12.9. The summed E-state index contributed by atoms with van der Waals surface area (Å²) in [5.41, 5.74) is 2.25. The molecule has 0 bridgehead atoms. The van der Waals surface area contributed by atoms with E-state index in [0.717, 1.165) is 0 Å². The maximum atomic E-state index is 2.28. The lowest BCUT2D eigenvalue weighted by Crippen LogP contribution is -2.40. The van der Waals surface area contributed by atoms with E-state index < -0.39 is 0 Å². The number of hydrogen-bond donors (Lipinski definition) is 0. The lowest BCUT2D eigenvalue weighted by molar-refractivity contribution is 0.121. The van der Waals surface area contributed by atoms with Gasteiger partial charge in [-0.15, -0.1) is 5.70 Å². The van der Waals surface area contributed by atoms with E-state index in [1.54, 1.807) is 0 Å². The summed E-state index contributed by atoms with van der Waals surface area (Å²) in [6.45, 7) is 0. The van der Waals surface area contributed by atoms with Gasteiger partial charge in [-0.3, -0.25) is 9.80 Å². The van der Waals surface area contributed by atoms with Crippen molar-refractivity contribution in [2.24, 2.45) is 0 Å². The van der Waals surface area contributed by atoms with Crippen molar-refractivity contribution in [1.29, 1.82) is 0 Å². The molecular formula is C9H22N2Si. The predicted octanol–water partition coefficient (Wildman–Crippen LogP) is 0.0950. The molecule has 0 spiro atoms. The Kier molecular flexibility index (Phi) is 6.33. The van der Waals surface area contributed by atoms with E-state index in [9.17, 15) is 0 Å². The topological polar surface area (TPSA) is 6.48 Å².